The van der Waals surface area contributed by atoms with Crippen LogP contribution in [0.3, 0.4) is 0 Å². The molecule has 0 aromatic heterocycles. The van der Waals surface area contributed by atoms with Crippen LogP contribution in [0, 0.1) is 11.8 Å². The second-order valence-electron chi connectivity index (χ2n) is 8.71. The predicted octanol–water partition coefficient (Wildman–Crippen LogP) is 2.96. The van der Waals surface area contributed by atoms with E-state index in [1.54, 1.807) is 0 Å². The number of esters is 1. The van der Waals surface area contributed by atoms with E-state index in [1.807, 2.05) is 0 Å². The van der Waals surface area contributed by atoms with Crippen LogP contribution >= 0.6 is 0 Å². The number of ether oxygens (including phenoxy) is 1. The minimum atomic E-state index is -3.56. The Balaban J connectivity index is 1.50. The standard InChI is InChI=1S/C22H32N2O5S/c1-16-3-7-19(8-4-16)23-21(25)15-29-22(26)18-5-9-20(10-6-18)30(27,28)24-13-11-17(2)12-14-24/h5-6,9-10,16-17,19H,3-4,7-8,11-15H2,1-2H3,(H,23,25). The Hall–Kier alpha value is -1.93. The van der Waals surface area contributed by atoms with Crippen molar-refractivity contribution in [3.05, 3.63) is 29.8 Å². The summed E-state index contributed by atoms with van der Waals surface area (Å²) in [5, 5.41) is 2.91. The van der Waals surface area contributed by atoms with Gasteiger partial charge in [0.25, 0.3) is 5.91 Å². The lowest BCUT2D eigenvalue weighted by Crippen LogP contribution is -2.39. The molecule has 7 nitrogen and oxygen atoms in total. The van der Waals surface area contributed by atoms with Crippen molar-refractivity contribution in [3.63, 3.8) is 0 Å². The third-order valence-corrected chi connectivity index (χ3v) is 8.10. The van der Waals surface area contributed by atoms with Crippen molar-refractivity contribution in [1.29, 1.82) is 0 Å². The van der Waals surface area contributed by atoms with Gasteiger partial charge in [0, 0.05) is 19.1 Å². The van der Waals surface area contributed by atoms with Gasteiger partial charge in [-0.2, -0.15) is 4.31 Å². The van der Waals surface area contributed by atoms with Crippen LogP contribution in [-0.4, -0.2) is 50.3 Å². The van der Waals surface area contributed by atoms with E-state index in [0.717, 1.165) is 38.5 Å². The first-order valence-electron chi connectivity index (χ1n) is 10.8. The molecule has 0 bridgehead atoms. The number of hydrogen-bond acceptors (Lipinski definition) is 5. The normalized spacial score (nSPS) is 23.7. The van der Waals surface area contributed by atoms with Gasteiger partial charge in [0.05, 0.1) is 10.5 Å². The van der Waals surface area contributed by atoms with Crippen LogP contribution in [0.2, 0.25) is 0 Å². The highest BCUT2D eigenvalue weighted by Crippen LogP contribution is 2.24. The molecular weight excluding hydrogens is 404 g/mol. The largest absolute Gasteiger partial charge is 0.452 e. The molecule has 30 heavy (non-hydrogen) atoms. The smallest absolute Gasteiger partial charge is 0.338 e. The van der Waals surface area contributed by atoms with Gasteiger partial charge in [-0.05, 0) is 74.6 Å². The molecule has 166 valence electrons. The summed E-state index contributed by atoms with van der Waals surface area (Å²) in [5.41, 5.74) is 0.223. The topological polar surface area (TPSA) is 92.8 Å². The Labute approximate surface area is 179 Å². The average Bonchev–Trinajstić information content (AvgIpc) is 2.74. The van der Waals surface area contributed by atoms with Gasteiger partial charge < -0.3 is 10.1 Å². The van der Waals surface area contributed by atoms with E-state index in [1.165, 1.54) is 28.6 Å². The zero-order chi connectivity index (χ0) is 21.7. The van der Waals surface area contributed by atoms with Gasteiger partial charge in [0.1, 0.15) is 0 Å². The Morgan fingerprint density at radius 2 is 1.53 bits per heavy atom. The molecule has 1 saturated carbocycles. The molecule has 2 fully saturated rings. The first-order chi connectivity index (χ1) is 14.3. The van der Waals surface area contributed by atoms with E-state index in [2.05, 4.69) is 19.2 Å². The number of nitrogens with one attached hydrogen (secondary N) is 1. The summed E-state index contributed by atoms with van der Waals surface area (Å²) < 4.78 is 32.1. The third-order valence-electron chi connectivity index (χ3n) is 6.19. The first-order valence-corrected chi connectivity index (χ1v) is 12.3. The maximum atomic E-state index is 12.8. The summed E-state index contributed by atoms with van der Waals surface area (Å²) in [6.45, 7) is 5.03. The van der Waals surface area contributed by atoms with Gasteiger partial charge >= 0.3 is 5.97 Å². The number of rotatable bonds is 6. The summed E-state index contributed by atoms with van der Waals surface area (Å²) in [4.78, 5) is 24.4. The molecule has 1 aromatic carbocycles. The molecule has 1 saturated heterocycles. The molecule has 0 atom stereocenters. The van der Waals surface area contributed by atoms with Crippen LogP contribution in [0.1, 0.15) is 62.7 Å². The van der Waals surface area contributed by atoms with Gasteiger partial charge in [-0.25, -0.2) is 13.2 Å². The molecule has 0 unspecified atom stereocenters. The van der Waals surface area contributed by atoms with E-state index >= 15 is 0 Å². The molecule has 0 radical (unpaired) electrons. The lowest BCUT2D eigenvalue weighted by atomic mass is 9.87. The Morgan fingerprint density at radius 3 is 2.13 bits per heavy atom. The average molecular weight is 437 g/mol. The summed E-state index contributed by atoms with van der Waals surface area (Å²) in [5.74, 6) is 0.285. The SMILES string of the molecule is CC1CCC(NC(=O)COC(=O)c2ccc(S(=O)(=O)N3CCC(C)CC3)cc2)CC1. The van der Waals surface area contributed by atoms with Crippen LogP contribution in [0.4, 0.5) is 0 Å². The van der Waals surface area contributed by atoms with E-state index in [0.29, 0.717) is 24.9 Å². The number of nitrogens with zero attached hydrogens (tertiary/aromatic N) is 1. The zero-order valence-corrected chi connectivity index (χ0v) is 18.6. The molecule has 1 aromatic rings. The van der Waals surface area contributed by atoms with Crippen molar-refractivity contribution in [1.82, 2.24) is 9.62 Å². The van der Waals surface area contributed by atoms with E-state index in [9.17, 15) is 18.0 Å². The van der Waals surface area contributed by atoms with Crippen LogP contribution < -0.4 is 5.32 Å². The number of benzene rings is 1. The second kappa shape index (κ2) is 9.92. The molecule has 1 amide bonds. The highest BCUT2D eigenvalue weighted by molar-refractivity contribution is 7.89. The highest BCUT2D eigenvalue weighted by atomic mass is 32.2. The molecule has 0 spiro atoms. The molecular formula is C22H32N2O5S. The van der Waals surface area contributed by atoms with Crippen molar-refractivity contribution >= 4 is 21.9 Å². The summed E-state index contributed by atoms with van der Waals surface area (Å²) >= 11 is 0. The summed E-state index contributed by atoms with van der Waals surface area (Å²) in [6, 6.07) is 5.86. The van der Waals surface area contributed by atoms with E-state index in [4.69, 9.17) is 4.74 Å². The molecule has 8 heteroatoms. The Kier molecular flexibility index (Phi) is 7.52. The fraction of sp³-hybridized carbons (Fsp3) is 0.636. The van der Waals surface area contributed by atoms with Gasteiger partial charge in [-0.15, -0.1) is 0 Å². The molecule has 2 aliphatic rings. The van der Waals surface area contributed by atoms with Crippen LogP contribution in [0.5, 0.6) is 0 Å². The minimum absolute atomic E-state index is 0.148. The van der Waals surface area contributed by atoms with Gasteiger partial charge in [0.2, 0.25) is 10.0 Å². The number of carbonyl (C=O) groups excluding carboxylic acids is 2. The van der Waals surface area contributed by atoms with Crippen LogP contribution in [-0.2, 0) is 19.6 Å². The van der Waals surface area contributed by atoms with E-state index in [-0.39, 0.29) is 29.0 Å². The molecule has 1 heterocycles. The fourth-order valence-electron chi connectivity index (χ4n) is 4.03. The predicted molar refractivity (Wildman–Crippen MR) is 113 cm³/mol. The third kappa shape index (κ3) is 5.82. The second-order valence-corrected chi connectivity index (χ2v) is 10.6. The molecule has 1 aliphatic heterocycles. The number of piperidine rings is 1. The van der Waals surface area contributed by atoms with Crippen LogP contribution in [0.25, 0.3) is 0 Å². The van der Waals surface area contributed by atoms with Crippen molar-refractivity contribution in [2.24, 2.45) is 11.8 Å². The monoisotopic (exact) mass is 436 g/mol. The maximum Gasteiger partial charge on any atom is 0.338 e. The summed E-state index contributed by atoms with van der Waals surface area (Å²) in [6.07, 6.45) is 5.80. The van der Waals surface area contributed by atoms with Crippen LogP contribution in [0.15, 0.2) is 29.2 Å². The van der Waals surface area contributed by atoms with Gasteiger partial charge in [0.15, 0.2) is 6.61 Å². The Bertz CT molecular complexity index is 837. The Morgan fingerprint density at radius 1 is 0.967 bits per heavy atom. The summed E-state index contributed by atoms with van der Waals surface area (Å²) in [7, 11) is -3.56. The molecule has 1 aliphatic carbocycles. The van der Waals surface area contributed by atoms with Gasteiger partial charge in [-0.3, -0.25) is 4.79 Å². The van der Waals surface area contributed by atoms with Crippen molar-refractivity contribution in [3.8, 4) is 0 Å². The van der Waals surface area contributed by atoms with Gasteiger partial charge in [-0.1, -0.05) is 13.8 Å². The number of sulfonamides is 1. The fourth-order valence-corrected chi connectivity index (χ4v) is 5.50. The first kappa shape index (κ1) is 22.7. The number of amides is 1. The molecule has 3 rings (SSSR count). The lowest BCUT2D eigenvalue weighted by molar-refractivity contribution is -0.125. The maximum absolute atomic E-state index is 12.8. The highest BCUT2D eigenvalue weighted by Gasteiger charge is 2.28. The lowest BCUT2D eigenvalue weighted by Gasteiger charge is -2.29. The zero-order valence-electron chi connectivity index (χ0n) is 17.8. The van der Waals surface area contributed by atoms with Crippen molar-refractivity contribution in [2.45, 2.75) is 63.3 Å². The van der Waals surface area contributed by atoms with Crippen molar-refractivity contribution in [2.75, 3.05) is 19.7 Å². The minimum Gasteiger partial charge on any atom is -0.452 e. The quantitative estimate of drug-likeness (QED) is 0.692. The number of carbonyl (C=O) groups is 2. The van der Waals surface area contributed by atoms with E-state index < -0.39 is 16.0 Å². The molecule has 1 N–H and O–H groups in total. The number of hydrogen-bond donors (Lipinski definition) is 1. The van der Waals surface area contributed by atoms with Crippen molar-refractivity contribution < 1.29 is 22.7 Å².